The van der Waals surface area contributed by atoms with Crippen LogP contribution < -0.4 is 15.7 Å². The second-order valence-electron chi connectivity index (χ2n) is 4.99. The zero-order chi connectivity index (χ0) is 17.7. The van der Waals surface area contributed by atoms with Crippen LogP contribution in [0.2, 0.25) is 0 Å². The SMILES string of the molecule is CNc1cccc(N(CC=O)C(=O)c2ccc(F)c(B(O)O)c2)c1. The molecule has 3 N–H and O–H groups in total. The van der Waals surface area contributed by atoms with Crippen LogP contribution >= 0.6 is 0 Å². The molecule has 124 valence electrons. The first kappa shape index (κ1) is 17.6. The zero-order valence-corrected chi connectivity index (χ0v) is 12.9. The molecule has 0 aliphatic heterocycles. The molecule has 0 spiro atoms. The van der Waals surface area contributed by atoms with E-state index in [0.717, 1.165) is 17.8 Å². The largest absolute Gasteiger partial charge is 0.491 e. The van der Waals surface area contributed by atoms with Gasteiger partial charge in [0.2, 0.25) is 0 Å². The Labute approximate surface area is 138 Å². The fraction of sp³-hybridized carbons (Fsp3) is 0.125. The predicted molar refractivity (Wildman–Crippen MR) is 90.0 cm³/mol. The van der Waals surface area contributed by atoms with Crippen LogP contribution in [-0.2, 0) is 4.79 Å². The van der Waals surface area contributed by atoms with Gasteiger partial charge in [-0.25, -0.2) is 4.39 Å². The summed E-state index contributed by atoms with van der Waals surface area (Å²) < 4.78 is 13.5. The number of carbonyl (C=O) groups excluding carboxylic acids is 2. The summed E-state index contributed by atoms with van der Waals surface area (Å²) in [6.45, 7) is -0.194. The van der Waals surface area contributed by atoms with E-state index in [1.54, 1.807) is 31.3 Å². The minimum Gasteiger partial charge on any atom is -0.423 e. The Kier molecular flexibility index (Phi) is 5.67. The zero-order valence-electron chi connectivity index (χ0n) is 12.9. The Morgan fingerprint density at radius 1 is 1.29 bits per heavy atom. The van der Waals surface area contributed by atoms with E-state index in [1.807, 2.05) is 0 Å². The fourth-order valence-electron chi connectivity index (χ4n) is 2.24. The average molecular weight is 330 g/mol. The number of hydrogen-bond acceptors (Lipinski definition) is 5. The van der Waals surface area contributed by atoms with Crippen molar-refractivity contribution in [2.75, 3.05) is 23.8 Å². The number of benzene rings is 2. The van der Waals surface area contributed by atoms with Crippen molar-refractivity contribution in [2.45, 2.75) is 0 Å². The maximum absolute atomic E-state index is 13.5. The lowest BCUT2D eigenvalue weighted by Crippen LogP contribution is -2.36. The van der Waals surface area contributed by atoms with Crippen molar-refractivity contribution in [1.82, 2.24) is 0 Å². The molecule has 0 atom stereocenters. The van der Waals surface area contributed by atoms with Gasteiger partial charge >= 0.3 is 7.12 Å². The third-order valence-electron chi connectivity index (χ3n) is 3.47. The first-order valence-corrected chi connectivity index (χ1v) is 7.16. The molecule has 0 aromatic heterocycles. The van der Waals surface area contributed by atoms with Crippen LogP contribution in [0, 0.1) is 5.82 Å². The van der Waals surface area contributed by atoms with E-state index in [0.29, 0.717) is 12.0 Å². The fourth-order valence-corrected chi connectivity index (χ4v) is 2.24. The highest BCUT2D eigenvalue weighted by Gasteiger charge is 2.22. The van der Waals surface area contributed by atoms with Crippen molar-refractivity contribution in [3.05, 3.63) is 53.8 Å². The van der Waals surface area contributed by atoms with Gasteiger partial charge in [-0.15, -0.1) is 0 Å². The molecule has 0 aliphatic rings. The Hall–Kier alpha value is -2.71. The average Bonchev–Trinajstić information content (AvgIpc) is 2.59. The highest BCUT2D eigenvalue weighted by molar-refractivity contribution is 6.58. The van der Waals surface area contributed by atoms with Crippen molar-refractivity contribution in [3.63, 3.8) is 0 Å². The highest BCUT2D eigenvalue weighted by Crippen LogP contribution is 2.21. The van der Waals surface area contributed by atoms with Crippen LogP contribution in [0.25, 0.3) is 0 Å². The minimum absolute atomic E-state index is 0.0382. The molecule has 2 rings (SSSR count). The van der Waals surface area contributed by atoms with Gasteiger partial charge in [0.05, 0.1) is 6.54 Å². The summed E-state index contributed by atoms with van der Waals surface area (Å²) in [5, 5.41) is 21.3. The first-order chi connectivity index (χ1) is 11.5. The summed E-state index contributed by atoms with van der Waals surface area (Å²) in [6.07, 6.45) is 0.579. The highest BCUT2D eigenvalue weighted by atomic mass is 19.1. The summed E-state index contributed by atoms with van der Waals surface area (Å²) >= 11 is 0. The molecule has 24 heavy (non-hydrogen) atoms. The molecule has 2 aromatic rings. The summed E-state index contributed by atoms with van der Waals surface area (Å²) in [4.78, 5) is 24.9. The Bertz CT molecular complexity index is 755. The summed E-state index contributed by atoms with van der Waals surface area (Å²) in [6, 6.07) is 10.1. The normalized spacial score (nSPS) is 10.2. The van der Waals surface area contributed by atoms with E-state index in [1.165, 1.54) is 11.0 Å². The second kappa shape index (κ2) is 7.71. The molecule has 0 aliphatic carbocycles. The van der Waals surface area contributed by atoms with Crippen molar-refractivity contribution in [2.24, 2.45) is 0 Å². The van der Waals surface area contributed by atoms with Gasteiger partial charge in [-0.05, 0) is 36.4 Å². The number of halogens is 1. The van der Waals surface area contributed by atoms with Gasteiger partial charge in [-0.2, -0.15) is 0 Å². The molecule has 1 amide bonds. The van der Waals surface area contributed by atoms with Gasteiger partial charge in [-0.3, -0.25) is 4.79 Å². The number of hydrogen-bond donors (Lipinski definition) is 3. The maximum Gasteiger partial charge on any atom is 0.491 e. The van der Waals surface area contributed by atoms with Gasteiger partial charge in [0.25, 0.3) is 5.91 Å². The van der Waals surface area contributed by atoms with Gasteiger partial charge in [0.15, 0.2) is 0 Å². The number of carbonyl (C=O) groups is 2. The van der Waals surface area contributed by atoms with E-state index in [2.05, 4.69) is 5.32 Å². The molecule has 0 saturated heterocycles. The van der Waals surface area contributed by atoms with Crippen LogP contribution in [-0.4, -0.2) is 43.0 Å². The van der Waals surface area contributed by atoms with Crippen molar-refractivity contribution in [3.8, 4) is 0 Å². The molecule has 0 bridgehead atoms. The lowest BCUT2D eigenvalue weighted by molar-refractivity contribution is -0.106. The summed E-state index contributed by atoms with van der Waals surface area (Å²) in [5.74, 6) is -1.39. The topological polar surface area (TPSA) is 89.9 Å². The van der Waals surface area contributed by atoms with E-state index in [4.69, 9.17) is 10.0 Å². The van der Waals surface area contributed by atoms with E-state index in [9.17, 15) is 14.0 Å². The number of amides is 1. The van der Waals surface area contributed by atoms with E-state index >= 15 is 0 Å². The van der Waals surface area contributed by atoms with Crippen molar-refractivity contribution < 1.29 is 24.0 Å². The van der Waals surface area contributed by atoms with Crippen molar-refractivity contribution >= 4 is 36.1 Å². The number of nitrogens with zero attached hydrogens (tertiary/aromatic N) is 1. The Morgan fingerprint density at radius 2 is 2.04 bits per heavy atom. The van der Waals surface area contributed by atoms with E-state index < -0.39 is 24.3 Å². The number of aldehydes is 1. The van der Waals surface area contributed by atoms with Gasteiger partial charge < -0.3 is 25.1 Å². The molecule has 8 heteroatoms. The number of anilines is 2. The third kappa shape index (κ3) is 3.79. The summed E-state index contributed by atoms with van der Waals surface area (Å²) in [5.41, 5.74) is 0.864. The van der Waals surface area contributed by atoms with Gasteiger partial charge in [-0.1, -0.05) is 6.07 Å². The smallest absolute Gasteiger partial charge is 0.423 e. The lowest BCUT2D eigenvalue weighted by atomic mass is 9.79. The third-order valence-corrected chi connectivity index (χ3v) is 3.47. The predicted octanol–water partition coefficient (Wildman–Crippen LogP) is 0.393. The van der Waals surface area contributed by atoms with Crippen LogP contribution in [0.1, 0.15) is 10.4 Å². The standard InChI is InChI=1S/C16H16BFN2O4/c1-19-12-3-2-4-13(10-12)20(7-8-21)16(22)11-5-6-15(18)14(9-11)17(23)24/h2-6,8-10,19,23-24H,7H2,1H3. The van der Waals surface area contributed by atoms with Crippen LogP contribution in [0.5, 0.6) is 0 Å². The van der Waals surface area contributed by atoms with Crippen LogP contribution in [0.4, 0.5) is 15.8 Å². The molecule has 0 radical (unpaired) electrons. The molecule has 0 saturated carbocycles. The maximum atomic E-state index is 13.5. The summed E-state index contributed by atoms with van der Waals surface area (Å²) in [7, 11) is -0.315. The molecule has 0 unspecified atom stereocenters. The molecular weight excluding hydrogens is 314 g/mol. The molecule has 0 fully saturated rings. The van der Waals surface area contributed by atoms with Crippen LogP contribution in [0.15, 0.2) is 42.5 Å². The Balaban J connectivity index is 2.42. The number of nitrogens with one attached hydrogen (secondary N) is 1. The minimum atomic E-state index is -2.04. The lowest BCUT2D eigenvalue weighted by Gasteiger charge is -2.21. The molecular formula is C16H16BFN2O4. The molecule has 6 nitrogen and oxygen atoms in total. The molecule has 2 aromatic carbocycles. The molecule has 0 heterocycles. The van der Waals surface area contributed by atoms with Gasteiger partial charge in [0, 0.05) is 29.4 Å². The first-order valence-electron chi connectivity index (χ1n) is 7.16. The van der Waals surface area contributed by atoms with Crippen LogP contribution in [0.3, 0.4) is 0 Å². The van der Waals surface area contributed by atoms with Gasteiger partial charge in [0.1, 0.15) is 12.1 Å². The Morgan fingerprint density at radius 3 is 2.67 bits per heavy atom. The quantitative estimate of drug-likeness (QED) is 0.527. The second-order valence-corrected chi connectivity index (χ2v) is 4.99. The van der Waals surface area contributed by atoms with E-state index in [-0.39, 0.29) is 12.1 Å². The number of rotatable bonds is 6. The van der Waals surface area contributed by atoms with Crippen molar-refractivity contribution in [1.29, 1.82) is 0 Å². The monoisotopic (exact) mass is 330 g/mol.